The van der Waals surface area contributed by atoms with Crippen molar-refractivity contribution in [2.75, 3.05) is 5.75 Å². The van der Waals surface area contributed by atoms with Crippen molar-refractivity contribution in [3.63, 3.8) is 0 Å². The molecule has 2 aromatic rings. The van der Waals surface area contributed by atoms with Crippen LogP contribution in [0.3, 0.4) is 0 Å². The molecule has 0 amide bonds. The van der Waals surface area contributed by atoms with Gasteiger partial charge in [-0.1, -0.05) is 31.2 Å². The molecule has 0 aliphatic rings. The van der Waals surface area contributed by atoms with Crippen molar-refractivity contribution in [3.05, 3.63) is 17.5 Å². The third-order valence-corrected chi connectivity index (χ3v) is 3.62. The molecule has 2 aromatic heterocycles. The Kier molecular flexibility index (Phi) is 3.80. The SMILES string of the molecule is CCCCSc1nnc(-c2cccs2)o1. The maximum Gasteiger partial charge on any atom is 0.276 e. The third-order valence-electron chi connectivity index (χ3n) is 1.86. The Morgan fingerprint density at radius 2 is 2.40 bits per heavy atom. The molecule has 5 heteroatoms. The molecule has 2 heterocycles. The van der Waals surface area contributed by atoms with Gasteiger partial charge in [-0.15, -0.1) is 21.5 Å². The van der Waals surface area contributed by atoms with Crippen LogP contribution in [0.4, 0.5) is 0 Å². The summed E-state index contributed by atoms with van der Waals surface area (Å²) in [6.45, 7) is 2.17. The smallest absolute Gasteiger partial charge is 0.276 e. The van der Waals surface area contributed by atoms with Gasteiger partial charge in [0.2, 0.25) is 0 Å². The predicted octanol–water partition coefficient (Wildman–Crippen LogP) is 3.69. The van der Waals surface area contributed by atoms with Gasteiger partial charge in [0.1, 0.15) is 0 Å². The first-order chi connectivity index (χ1) is 7.40. The molecule has 15 heavy (non-hydrogen) atoms. The normalized spacial score (nSPS) is 10.7. The first kappa shape index (κ1) is 10.7. The lowest BCUT2D eigenvalue weighted by Crippen LogP contribution is -1.77. The fraction of sp³-hybridized carbons (Fsp3) is 0.400. The lowest BCUT2D eigenvalue weighted by Gasteiger charge is -1.91. The van der Waals surface area contributed by atoms with Crippen LogP contribution < -0.4 is 0 Å². The van der Waals surface area contributed by atoms with Gasteiger partial charge in [0.15, 0.2) is 0 Å². The molecule has 0 radical (unpaired) electrons. The zero-order chi connectivity index (χ0) is 10.5. The van der Waals surface area contributed by atoms with Crippen LogP contribution in [-0.4, -0.2) is 16.0 Å². The van der Waals surface area contributed by atoms with E-state index >= 15 is 0 Å². The highest BCUT2D eigenvalue weighted by atomic mass is 32.2. The van der Waals surface area contributed by atoms with Crippen molar-refractivity contribution in [1.29, 1.82) is 0 Å². The summed E-state index contributed by atoms with van der Waals surface area (Å²) in [4.78, 5) is 1.03. The van der Waals surface area contributed by atoms with E-state index in [0.717, 1.165) is 10.6 Å². The van der Waals surface area contributed by atoms with Gasteiger partial charge in [0.25, 0.3) is 11.1 Å². The zero-order valence-corrected chi connectivity index (χ0v) is 10.1. The van der Waals surface area contributed by atoms with E-state index in [1.54, 1.807) is 23.1 Å². The Hall–Kier alpha value is -0.810. The van der Waals surface area contributed by atoms with Crippen LogP contribution in [0, 0.1) is 0 Å². The average Bonchev–Trinajstić information content (AvgIpc) is 2.87. The van der Waals surface area contributed by atoms with E-state index in [-0.39, 0.29) is 0 Å². The van der Waals surface area contributed by atoms with Crippen LogP contribution in [-0.2, 0) is 0 Å². The number of hydrogen-bond donors (Lipinski definition) is 0. The summed E-state index contributed by atoms with van der Waals surface area (Å²) in [5.41, 5.74) is 0. The maximum atomic E-state index is 5.53. The summed E-state index contributed by atoms with van der Waals surface area (Å²) in [5.74, 6) is 1.67. The standard InChI is InChI=1S/C10H12N2OS2/c1-2-3-6-15-10-12-11-9(13-10)8-5-4-7-14-8/h4-5,7H,2-3,6H2,1H3. The summed E-state index contributed by atoms with van der Waals surface area (Å²) in [6.07, 6.45) is 2.38. The quantitative estimate of drug-likeness (QED) is 0.590. The largest absolute Gasteiger partial charge is 0.410 e. The molecule has 0 aromatic carbocycles. The Morgan fingerprint density at radius 1 is 1.47 bits per heavy atom. The number of aromatic nitrogens is 2. The molecular formula is C10H12N2OS2. The van der Waals surface area contributed by atoms with Crippen molar-refractivity contribution in [1.82, 2.24) is 10.2 Å². The monoisotopic (exact) mass is 240 g/mol. The van der Waals surface area contributed by atoms with Crippen molar-refractivity contribution in [3.8, 4) is 10.8 Å². The van der Waals surface area contributed by atoms with Gasteiger partial charge in [-0.25, -0.2) is 0 Å². The van der Waals surface area contributed by atoms with Gasteiger partial charge >= 0.3 is 0 Å². The number of unbranched alkanes of at least 4 members (excludes halogenated alkanes) is 1. The van der Waals surface area contributed by atoms with Crippen molar-refractivity contribution < 1.29 is 4.42 Å². The van der Waals surface area contributed by atoms with Crippen LogP contribution in [0.1, 0.15) is 19.8 Å². The summed E-state index contributed by atoms with van der Waals surface area (Å²) in [5, 5.41) is 10.7. The topological polar surface area (TPSA) is 38.9 Å². The lowest BCUT2D eigenvalue weighted by atomic mass is 10.4. The number of hydrogen-bond acceptors (Lipinski definition) is 5. The fourth-order valence-electron chi connectivity index (χ4n) is 1.07. The highest BCUT2D eigenvalue weighted by molar-refractivity contribution is 7.99. The van der Waals surface area contributed by atoms with Gasteiger partial charge in [0.05, 0.1) is 4.88 Å². The van der Waals surface area contributed by atoms with Gasteiger partial charge in [-0.2, -0.15) is 0 Å². The highest BCUT2D eigenvalue weighted by Crippen LogP contribution is 2.26. The molecule has 0 aliphatic heterocycles. The van der Waals surface area contributed by atoms with Gasteiger partial charge < -0.3 is 4.42 Å². The number of thioether (sulfide) groups is 1. The molecule has 2 rings (SSSR count). The van der Waals surface area contributed by atoms with Crippen LogP contribution >= 0.6 is 23.1 Å². The molecule has 0 fully saturated rings. The van der Waals surface area contributed by atoms with Gasteiger partial charge in [-0.05, 0) is 17.9 Å². The van der Waals surface area contributed by atoms with E-state index in [4.69, 9.17) is 4.42 Å². The molecule has 80 valence electrons. The minimum atomic E-state index is 0.629. The molecule has 0 N–H and O–H groups in total. The molecule has 0 saturated heterocycles. The Labute approximate surface area is 96.9 Å². The molecule has 0 bridgehead atoms. The van der Waals surface area contributed by atoms with E-state index in [9.17, 15) is 0 Å². The van der Waals surface area contributed by atoms with Crippen LogP contribution in [0.2, 0.25) is 0 Å². The number of nitrogens with zero attached hydrogens (tertiary/aromatic N) is 2. The predicted molar refractivity (Wildman–Crippen MR) is 63.2 cm³/mol. The first-order valence-electron chi connectivity index (χ1n) is 4.90. The summed E-state index contributed by atoms with van der Waals surface area (Å²) in [6, 6.07) is 3.97. The van der Waals surface area contributed by atoms with Crippen LogP contribution in [0.25, 0.3) is 10.8 Å². The number of rotatable bonds is 5. The molecule has 0 atom stereocenters. The van der Waals surface area contributed by atoms with E-state index in [0.29, 0.717) is 11.1 Å². The Morgan fingerprint density at radius 3 is 3.13 bits per heavy atom. The average molecular weight is 240 g/mol. The molecule has 0 saturated carbocycles. The Balaban J connectivity index is 1.98. The van der Waals surface area contributed by atoms with E-state index < -0.39 is 0 Å². The summed E-state index contributed by atoms with van der Waals surface area (Å²) >= 11 is 3.24. The second-order valence-corrected chi connectivity index (χ2v) is 5.05. The van der Waals surface area contributed by atoms with E-state index in [2.05, 4.69) is 17.1 Å². The van der Waals surface area contributed by atoms with Crippen molar-refractivity contribution in [2.45, 2.75) is 25.0 Å². The lowest BCUT2D eigenvalue weighted by molar-refractivity contribution is 0.466. The fourth-order valence-corrected chi connectivity index (χ4v) is 2.56. The maximum absolute atomic E-state index is 5.53. The Bertz CT molecular complexity index is 397. The van der Waals surface area contributed by atoms with Crippen LogP contribution in [0.5, 0.6) is 0 Å². The minimum Gasteiger partial charge on any atom is -0.410 e. The molecular weight excluding hydrogens is 228 g/mol. The molecule has 0 spiro atoms. The van der Waals surface area contributed by atoms with Gasteiger partial charge in [0, 0.05) is 5.75 Å². The molecule has 0 aliphatic carbocycles. The van der Waals surface area contributed by atoms with Gasteiger partial charge in [-0.3, -0.25) is 0 Å². The van der Waals surface area contributed by atoms with Crippen molar-refractivity contribution >= 4 is 23.1 Å². The minimum absolute atomic E-state index is 0.629. The van der Waals surface area contributed by atoms with E-state index in [1.165, 1.54) is 12.8 Å². The summed E-state index contributed by atoms with van der Waals surface area (Å²) in [7, 11) is 0. The molecule has 3 nitrogen and oxygen atoms in total. The summed E-state index contributed by atoms with van der Waals surface area (Å²) < 4.78 is 5.53. The van der Waals surface area contributed by atoms with Crippen molar-refractivity contribution in [2.24, 2.45) is 0 Å². The number of thiophene rings is 1. The first-order valence-corrected chi connectivity index (χ1v) is 6.77. The van der Waals surface area contributed by atoms with Crippen LogP contribution in [0.15, 0.2) is 27.2 Å². The highest BCUT2D eigenvalue weighted by Gasteiger charge is 2.08. The zero-order valence-electron chi connectivity index (χ0n) is 8.47. The second kappa shape index (κ2) is 5.32. The third kappa shape index (κ3) is 2.82. The second-order valence-electron chi connectivity index (χ2n) is 3.05. The molecule has 0 unspecified atom stereocenters. The van der Waals surface area contributed by atoms with E-state index in [1.807, 2.05) is 17.5 Å².